The Labute approximate surface area is 198 Å². The molecule has 3 aliphatic rings. The SMILES string of the molecule is CC(=O)N1N=C(c2cc(F)ccc2F)C[C@]1(CCCN1CCC2(C1)OCCO2)c1ccccc1. The number of likely N-dealkylation sites (tertiary alicyclic amines) is 1. The fourth-order valence-electron chi connectivity index (χ4n) is 5.50. The van der Waals surface area contributed by atoms with Crippen LogP contribution in [0, 0.1) is 11.6 Å². The van der Waals surface area contributed by atoms with E-state index >= 15 is 0 Å². The molecule has 2 saturated heterocycles. The summed E-state index contributed by atoms with van der Waals surface area (Å²) >= 11 is 0. The summed E-state index contributed by atoms with van der Waals surface area (Å²) in [7, 11) is 0. The van der Waals surface area contributed by atoms with Gasteiger partial charge in [-0.25, -0.2) is 13.8 Å². The van der Waals surface area contributed by atoms with Crippen LogP contribution in [0.4, 0.5) is 8.78 Å². The number of halogens is 2. The minimum absolute atomic E-state index is 0.0982. The summed E-state index contributed by atoms with van der Waals surface area (Å²) in [6.07, 6.45) is 2.59. The lowest BCUT2D eigenvalue weighted by atomic mass is 9.80. The molecule has 0 aliphatic carbocycles. The first kappa shape index (κ1) is 23.1. The summed E-state index contributed by atoms with van der Waals surface area (Å²) in [5, 5.41) is 6.01. The number of hydrogen-bond donors (Lipinski definition) is 0. The quantitative estimate of drug-likeness (QED) is 0.641. The molecule has 0 aromatic heterocycles. The van der Waals surface area contributed by atoms with E-state index in [0.29, 0.717) is 31.8 Å². The molecule has 0 bridgehead atoms. The van der Waals surface area contributed by atoms with E-state index in [1.807, 2.05) is 30.3 Å². The zero-order valence-corrected chi connectivity index (χ0v) is 19.3. The lowest BCUT2D eigenvalue weighted by Crippen LogP contribution is -2.43. The van der Waals surface area contributed by atoms with Crippen molar-refractivity contribution in [1.29, 1.82) is 0 Å². The van der Waals surface area contributed by atoms with Crippen LogP contribution in [0.5, 0.6) is 0 Å². The standard InChI is InChI=1S/C26H29F2N3O3/c1-19(32)31-25(20-6-3-2-4-7-20,17-24(29-31)22-16-21(27)8-9-23(22)28)10-5-12-30-13-11-26(18-30)33-14-15-34-26/h2-4,6-9,16H,5,10-15,17-18H2,1H3/t25-/m1/s1. The van der Waals surface area contributed by atoms with Gasteiger partial charge in [0.2, 0.25) is 5.91 Å². The first-order valence-corrected chi connectivity index (χ1v) is 11.8. The third-order valence-electron chi connectivity index (χ3n) is 7.09. The second kappa shape index (κ2) is 9.17. The molecule has 3 aliphatic heterocycles. The Kier molecular flexibility index (Phi) is 6.22. The molecule has 2 aromatic carbocycles. The maximum atomic E-state index is 14.6. The number of nitrogens with zero attached hydrogens (tertiary/aromatic N) is 3. The van der Waals surface area contributed by atoms with Crippen LogP contribution in [0.2, 0.25) is 0 Å². The second-order valence-electron chi connectivity index (χ2n) is 9.31. The van der Waals surface area contributed by atoms with Gasteiger partial charge >= 0.3 is 0 Å². The van der Waals surface area contributed by atoms with Gasteiger partial charge in [-0.3, -0.25) is 9.69 Å². The van der Waals surface area contributed by atoms with Crippen molar-refractivity contribution in [3.8, 4) is 0 Å². The highest BCUT2D eigenvalue weighted by Crippen LogP contribution is 2.43. The van der Waals surface area contributed by atoms with Gasteiger partial charge in [0, 0.05) is 31.9 Å². The molecule has 0 N–H and O–H groups in total. The molecule has 5 rings (SSSR count). The molecule has 1 amide bonds. The molecule has 0 saturated carbocycles. The Hall–Kier alpha value is -2.68. The van der Waals surface area contributed by atoms with Crippen molar-refractivity contribution in [3.63, 3.8) is 0 Å². The van der Waals surface area contributed by atoms with Gasteiger partial charge in [-0.1, -0.05) is 30.3 Å². The van der Waals surface area contributed by atoms with E-state index < -0.39 is 23.0 Å². The first-order chi connectivity index (χ1) is 16.4. The van der Waals surface area contributed by atoms with Gasteiger partial charge < -0.3 is 9.47 Å². The van der Waals surface area contributed by atoms with Crippen LogP contribution in [0.1, 0.15) is 43.7 Å². The molecule has 0 unspecified atom stereocenters. The van der Waals surface area contributed by atoms with Gasteiger partial charge in [-0.05, 0) is 43.1 Å². The van der Waals surface area contributed by atoms with Gasteiger partial charge in [-0.15, -0.1) is 0 Å². The van der Waals surface area contributed by atoms with Crippen molar-refractivity contribution < 1.29 is 23.0 Å². The minimum atomic E-state index is -0.765. The molecule has 6 nitrogen and oxygen atoms in total. The maximum absolute atomic E-state index is 14.6. The number of carbonyl (C=O) groups is 1. The summed E-state index contributed by atoms with van der Waals surface area (Å²) < 4.78 is 40.2. The smallest absolute Gasteiger partial charge is 0.240 e. The number of ether oxygens (including phenoxy) is 2. The van der Waals surface area contributed by atoms with Crippen molar-refractivity contribution in [2.45, 2.75) is 43.9 Å². The molecule has 1 atom stereocenters. The van der Waals surface area contributed by atoms with Gasteiger partial charge in [-0.2, -0.15) is 5.10 Å². The number of benzene rings is 2. The number of rotatable bonds is 6. The molecule has 2 aromatic rings. The normalized spacial score (nSPS) is 24.2. The summed E-state index contributed by atoms with van der Waals surface area (Å²) in [6.45, 7) is 5.18. The monoisotopic (exact) mass is 469 g/mol. The Morgan fingerprint density at radius 1 is 1.12 bits per heavy atom. The van der Waals surface area contributed by atoms with E-state index in [1.165, 1.54) is 11.9 Å². The lowest BCUT2D eigenvalue weighted by molar-refractivity contribution is -0.145. The van der Waals surface area contributed by atoms with Crippen LogP contribution in [0.25, 0.3) is 0 Å². The van der Waals surface area contributed by atoms with Crippen LogP contribution < -0.4 is 0 Å². The third kappa shape index (κ3) is 4.26. The molecule has 2 fully saturated rings. The summed E-state index contributed by atoms with van der Waals surface area (Å²) in [5.41, 5.74) is 0.644. The van der Waals surface area contributed by atoms with E-state index in [9.17, 15) is 13.6 Å². The Bertz CT molecular complexity index is 1090. The van der Waals surface area contributed by atoms with Gasteiger partial charge in [0.25, 0.3) is 0 Å². The molecule has 0 radical (unpaired) electrons. The maximum Gasteiger partial charge on any atom is 0.240 e. The van der Waals surface area contributed by atoms with Crippen LogP contribution >= 0.6 is 0 Å². The molecule has 3 heterocycles. The van der Waals surface area contributed by atoms with Crippen molar-refractivity contribution in [2.75, 3.05) is 32.8 Å². The summed E-state index contributed by atoms with van der Waals surface area (Å²) in [4.78, 5) is 15.1. The van der Waals surface area contributed by atoms with Gasteiger partial charge in [0.05, 0.1) is 31.0 Å². The average Bonchev–Trinajstić information content (AvgIpc) is 3.56. The molecular weight excluding hydrogens is 440 g/mol. The Morgan fingerprint density at radius 2 is 1.88 bits per heavy atom. The van der Waals surface area contributed by atoms with E-state index in [1.54, 1.807) is 0 Å². The zero-order valence-electron chi connectivity index (χ0n) is 19.3. The third-order valence-corrected chi connectivity index (χ3v) is 7.09. The van der Waals surface area contributed by atoms with Gasteiger partial charge in [0.15, 0.2) is 5.79 Å². The zero-order chi connectivity index (χ0) is 23.8. The fraction of sp³-hybridized carbons (Fsp3) is 0.462. The van der Waals surface area contributed by atoms with E-state index in [0.717, 1.165) is 56.2 Å². The molecule has 180 valence electrons. The molecule has 8 heteroatoms. The predicted molar refractivity (Wildman–Crippen MR) is 123 cm³/mol. The molecule has 34 heavy (non-hydrogen) atoms. The minimum Gasteiger partial charge on any atom is -0.346 e. The lowest BCUT2D eigenvalue weighted by Gasteiger charge is -2.37. The van der Waals surface area contributed by atoms with Crippen molar-refractivity contribution in [2.24, 2.45) is 5.10 Å². The Morgan fingerprint density at radius 3 is 2.62 bits per heavy atom. The van der Waals surface area contributed by atoms with E-state index in [2.05, 4.69) is 10.0 Å². The number of amides is 1. The highest BCUT2D eigenvalue weighted by atomic mass is 19.1. The predicted octanol–water partition coefficient (Wildman–Crippen LogP) is 4.05. The topological polar surface area (TPSA) is 54.4 Å². The number of hydrogen-bond acceptors (Lipinski definition) is 5. The average molecular weight is 470 g/mol. The highest BCUT2D eigenvalue weighted by Gasteiger charge is 2.47. The molecular formula is C26H29F2N3O3. The second-order valence-corrected chi connectivity index (χ2v) is 9.31. The van der Waals surface area contributed by atoms with Crippen LogP contribution in [-0.2, 0) is 19.8 Å². The molecule has 1 spiro atoms. The van der Waals surface area contributed by atoms with Crippen molar-refractivity contribution >= 4 is 11.6 Å². The van der Waals surface area contributed by atoms with Crippen LogP contribution in [0.15, 0.2) is 53.6 Å². The fourth-order valence-corrected chi connectivity index (χ4v) is 5.50. The van der Waals surface area contributed by atoms with E-state index in [-0.39, 0.29) is 11.5 Å². The summed E-state index contributed by atoms with van der Waals surface area (Å²) in [6, 6.07) is 13.1. The Balaban J connectivity index is 1.40. The van der Waals surface area contributed by atoms with Crippen LogP contribution in [-0.4, -0.2) is 60.2 Å². The van der Waals surface area contributed by atoms with Crippen LogP contribution in [0.3, 0.4) is 0 Å². The van der Waals surface area contributed by atoms with Crippen molar-refractivity contribution in [1.82, 2.24) is 9.91 Å². The van der Waals surface area contributed by atoms with E-state index in [4.69, 9.17) is 9.47 Å². The van der Waals surface area contributed by atoms with Gasteiger partial charge in [0.1, 0.15) is 11.6 Å². The largest absolute Gasteiger partial charge is 0.346 e. The summed E-state index contributed by atoms with van der Waals surface area (Å²) in [5.74, 6) is -1.79. The highest BCUT2D eigenvalue weighted by molar-refractivity contribution is 6.03. The van der Waals surface area contributed by atoms with Crippen molar-refractivity contribution in [3.05, 3.63) is 71.3 Å². The number of carbonyl (C=O) groups excluding carboxylic acids is 1. The first-order valence-electron chi connectivity index (χ1n) is 11.8. The number of hydrazone groups is 1.